The van der Waals surface area contributed by atoms with Gasteiger partial charge in [0, 0.05) is 46.7 Å². The maximum Gasteiger partial charge on any atom is 0.252 e. The SMILES string of the molecule is CNC1(C)CC[C@@H](Nc2c(C(N)=O)cnn3cc(-c4cnccc4C)cc23)C1(C)C. The van der Waals surface area contributed by atoms with E-state index in [1.54, 1.807) is 16.9 Å². The summed E-state index contributed by atoms with van der Waals surface area (Å²) in [6.45, 7) is 8.84. The lowest BCUT2D eigenvalue weighted by molar-refractivity contribution is 0.100. The van der Waals surface area contributed by atoms with Crippen LogP contribution >= 0.6 is 0 Å². The average molecular weight is 407 g/mol. The predicted octanol–water partition coefficient (Wildman–Crippen LogP) is 3.38. The molecule has 0 aliphatic heterocycles. The molecule has 1 unspecified atom stereocenters. The predicted molar refractivity (Wildman–Crippen MR) is 120 cm³/mol. The molecule has 0 saturated heterocycles. The van der Waals surface area contributed by atoms with Crippen molar-refractivity contribution in [3.05, 3.63) is 48.0 Å². The number of hydrogen-bond acceptors (Lipinski definition) is 5. The highest BCUT2D eigenvalue weighted by Crippen LogP contribution is 2.47. The molecule has 0 aromatic carbocycles. The number of primary amides is 1. The topological polar surface area (TPSA) is 97.3 Å². The summed E-state index contributed by atoms with van der Waals surface area (Å²) >= 11 is 0. The van der Waals surface area contributed by atoms with Gasteiger partial charge in [0.05, 0.1) is 23.0 Å². The van der Waals surface area contributed by atoms with Crippen molar-refractivity contribution >= 4 is 17.1 Å². The van der Waals surface area contributed by atoms with E-state index in [2.05, 4.69) is 48.4 Å². The van der Waals surface area contributed by atoms with Crippen LogP contribution in [0.2, 0.25) is 0 Å². The van der Waals surface area contributed by atoms with E-state index >= 15 is 0 Å². The Bertz CT molecular complexity index is 1120. The molecule has 158 valence electrons. The van der Waals surface area contributed by atoms with Crippen molar-refractivity contribution in [1.29, 1.82) is 0 Å². The van der Waals surface area contributed by atoms with E-state index in [0.717, 1.165) is 40.7 Å². The van der Waals surface area contributed by atoms with Crippen LogP contribution in [0, 0.1) is 12.3 Å². The highest BCUT2D eigenvalue weighted by Gasteiger charge is 2.51. The second kappa shape index (κ2) is 7.09. The average Bonchev–Trinajstić information content (AvgIpc) is 3.23. The Labute approximate surface area is 177 Å². The second-order valence-corrected chi connectivity index (χ2v) is 9.09. The molecule has 1 amide bonds. The van der Waals surface area contributed by atoms with Crippen molar-refractivity contribution in [3.63, 3.8) is 0 Å². The first-order chi connectivity index (χ1) is 14.2. The summed E-state index contributed by atoms with van der Waals surface area (Å²) in [6, 6.07) is 4.21. The minimum absolute atomic E-state index is 0.000837. The summed E-state index contributed by atoms with van der Waals surface area (Å²) in [5.41, 5.74) is 10.8. The largest absolute Gasteiger partial charge is 0.379 e. The highest BCUT2D eigenvalue weighted by atomic mass is 16.1. The number of fused-ring (bicyclic) bond motifs is 1. The van der Waals surface area contributed by atoms with Gasteiger partial charge >= 0.3 is 0 Å². The van der Waals surface area contributed by atoms with Crippen molar-refractivity contribution in [2.24, 2.45) is 11.1 Å². The number of amides is 1. The number of nitrogens with one attached hydrogen (secondary N) is 2. The highest BCUT2D eigenvalue weighted by molar-refractivity contribution is 6.02. The number of carbonyl (C=O) groups is 1. The third-order valence-corrected chi connectivity index (χ3v) is 7.35. The third-order valence-electron chi connectivity index (χ3n) is 7.35. The van der Waals surface area contributed by atoms with Gasteiger partial charge in [0.1, 0.15) is 0 Å². The Morgan fingerprint density at radius 3 is 2.70 bits per heavy atom. The quantitative estimate of drug-likeness (QED) is 0.603. The zero-order chi connectivity index (χ0) is 21.7. The van der Waals surface area contributed by atoms with E-state index in [-0.39, 0.29) is 17.0 Å². The number of pyridine rings is 1. The minimum Gasteiger partial charge on any atom is -0.379 e. The number of aromatic nitrogens is 3. The van der Waals surface area contributed by atoms with Gasteiger partial charge in [0.15, 0.2) is 0 Å². The Kier molecular flexibility index (Phi) is 4.81. The van der Waals surface area contributed by atoms with Crippen molar-refractivity contribution < 1.29 is 4.79 Å². The van der Waals surface area contributed by atoms with Crippen molar-refractivity contribution in [1.82, 2.24) is 19.9 Å². The fourth-order valence-corrected chi connectivity index (χ4v) is 4.68. The van der Waals surface area contributed by atoms with E-state index < -0.39 is 5.91 Å². The third kappa shape index (κ3) is 3.04. The summed E-state index contributed by atoms with van der Waals surface area (Å²) in [6.07, 6.45) is 9.19. The van der Waals surface area contributed by atoms with Crippen molar-refractivity contribution in [2.45, 2.75) is 52.1 Å². The normalized spacial score (nSPS) is 23.0. The van der Waals surface area contributed by atoms with Crippen LogP contribution in [0.3, 0.4) is 0 Å². The molecule has 3 aromatic heterocycles. The molecular weight excluding hydrogens is 376 g/mol. The zero-order valence-corrected chi connectivity index (χ0v) is 18.3. The van der Waals surface area contributed by atoms with Gasteiger partial charge in [-0.3, -0.25) is 9.78 Å². The van der Waals surface area contributed by atoms with Gasteiger partial charge in [0.25, 0.3) is 5.91 Å². The fourth-order valence-electron chi connectivity index (χ4n) is 4.68. The van der Waals surface area contributed by atoms with Gasteiger partial charge in [-0.05, 0) is 51.4 Å². The molecule has 1 aliphatic carbocycles. The first kappa shape index (κ1) is 20.3. The van der Waals surface area contributed by atoms with Gasteiger partial charge in [-0.15, -0.1) is 0 Å². The number of rotatable bonds is 5. The summed E-state index contributed by atoms with van der Waals surface area (Å²) in [5.74, 6) is -0.486. The molecule has 0 radical (unpaired) electrons. The van der Waals surface area contributed by atoms with Gasteiger partial charge in [0.2, 0.25) is 0 Å². The van der Waals surface area contributed by atoms with Crippen LogP contribution < -0.4 is 16.4 Å². The Morgan fingerprint density at radius 2 is 2.07 bits per heavy atom. The molecule has 1 saturated carbocycles. The van der Waals surface area contributed by atoms with Gasteiger partial charge in [-0.1, -0.05) is 13.8 Å². The second-order valence-electron chi connectivity index (χ2n) is 9.09. The minimum atomic E-state index is -0.486. The van der Waals surface area contributed by atoms with Crippen LogP contribution in [0.4, 0.5) is 5.69 Å². The molecule has 4 N–H and O–H groups in total. The van der Waals surface area contributed by atoms with Crippen molar-refractivity contribution in [2.75, 3.05) is 12.4 Å². The van der Waals surface area contributed by atoms with E-state index in [9.17, 15) is 4.79 Å². The maximum atomic E-state index is 12.2. The van der Waals surface area contributed by atoms with Crippen LogP contribution in [0.25, 0.3) is 16.6 Å². The van der Waals surface area contributed by atoms with Crippen LogP contribution in [-0.4, -0.2) is 39.1 Å². The van der Waals surface area contributed by atoms with Crippen LogP contribution in [0.15, 0.2) is 36.9 Å². The number of carbonyl (C=O) groups excluding carboxylic acids is 1. The Hall–Kier alpha value is -2.93. The molecule has 1 fully saturated rings. The first-order valence-corrected chi connectivity index (χ1v) is 10.4. The van der Waals surface area contributed by atoms with Crippen LogP contribution in [-0.2, 0) is 0 Å². The number of nitrogens with zero attached hydrogens (tertiary/aromatic N) is 3. The molecule has 2 atom stereocenters. The molecule has 0 bridgehead atoms. The van der Waals surface area contributed by atoms with E-state index in [1.807, 2.05) is 31.6 Å². The first-order valence-electron chi connectivity index (χ1n) is 10.4. The molecule has 0 spiro atoms. The number of aryl methyl sites for hydroxylation is 1. The zero-order valence-electron chi connectivity index (χ0n) is 18.3. The Morgan fingerprint density at radius 1 is 1.30 bits per heavy atom. The summed E-state index contributed by atoms with van der Waals surface area (Å²) in [4.78, 5) is 16.5. The van der Waals surface area contributed by atoms with Crippen molar-refractivity contribution in [3.8, 4) is 11.1 Å². The molecule has 7 nitrogen and oxygen atoms in total. The van der Waals surface area contributed by atoms with Gasteiger partial charge in [-0.25, -0.2) is 4.52 Å². The number of hydrogen-bond donors (Lipinski definition) is 3. The van der Waals surface area contributed by atoms with Crippen LogP contribution in [0.1, 0.15) is 49.5 Å². The molecule has 3 aromatic rings. The smallest absolute Gasteiger partial charge is 0.252 e. The van der Waals surface area contributed by atoms with Crippen LogP contribution in [0.5, 0.6) is 0 Å². The molecular formula is C23H30N6O. The summed E-state index contributed by atoms with van der Waals surface area (Å²) in [5, 5.41) is 11.6. The summed E-state index contributed by atoms with van der Waals surface area (Å²) in [7, 11) is 2.01. The lowest BCUT2D eigenvalue weighted by Crippen LogP contribution is -2.53. The maximum absolute atomic E-state index is 12.2. The standard InChI is InChI=1S/C23H30N6O/c1-14-7-9-26-11-16(14)15-10-18-20(17(21(24)30)12-27-29(18)13-15)28-19-6-8-23(4,25-5)22(19,2)3/h7,9-13,19,25,28H,6,8H2,1-5H3,(H2,24,30)/t19-,23?/m1/s1. The lowest BCUT2D eigenvalue weighted by atomic mass is 9.74. The molecule has 7 heteroatoms. The Balaban J connectivity index is 1.83. The fraction of sp³-hybridized carbons (Fsp3) is 0.435. The number of nitrogens with two attached hydrogens (primary N) is 1. The monoisotopic (exact) mass is 406 g/mol. The van der Waals surface area contributed by atoms with E-state index in [4.69, 9.17) is 5.73 Å². The summed E-state index contributed by atoms with van der Waals surface area (Å²) < 4.78 is 1.80. The van der Waals surface area contributed by atoms with E-state index in [0.29, 0.717) is 5.56 Å². The van der Waals surface area contributed by atoms with E-state index in [1.165, 1.54) is 0 Å². The lowest BCUT2D eigenvalue weighted by Gasteiger charge is -2.42. The van der Waals surface area contributed by atoms with Gasteiger partial charge < -0.3 is 16.4 Å². The molecule has 1 aliphatic rings. The number of anilines is 1. The molecule has 3 heterocycles. The molecule has 4 rings (SSSR count). The van der Waals surface area contributed by atoms with Gasteiger partial charge in [-0.2, -0.15) is 5.10 Å². The molecule has 30 heavy (non-hydrogen) atoms.